The first-order valence-electron chi connectivity index (χ1n) is 3.65. The van der Waals surface area contributed by atoms with E-state index in [1.165, 1.54) is 0 Å². The number of nitrogens with one attached hydrogen (secondary N) is 1. The van der Waals surface area contributed by atoms with Gasteiger partial charge in [0.2, 0.25) is 0 Å². The van der Waals surface area contributed by atoms with Crippen molar-refractivity contribution in [1.29, 1.82) is 5.26 Å². The Kier molecular flexibility index (Phi) is 2.40. The molecule has 62 valence electrons. The lowest BCUT2D eigenvalue weighted by Gasteiger charge is -2.17. The highest BCUT2D eigenvalue weighted by Crippen LogP contribution is 2.31. The maximum Gasteiger partial charge on any atom is 0.264 e. The van der Waals surface area contributed by atoms with E-state index in [2.05, 4.69) is 5.32 Å². The first-order valence-corrected chi connectivity index (χ1v) is 3.65. The van der Waals surface area contributed by atoms with Gasteiger partial charge in [-0.1, -0.05) is 0 Å². The Morgan fingerprint density at radius 2 is 2.18 bits per heavy atom. The molecule has 4 heteroatoms. The second kappa shape index (κ2) is 3.14. The molecule has 11 heavy (non-hydrogen) atoms. The van der Waals surface area contributed by atoms with Crippen molar-refractivity contribution in [2.45, 2.75) is 18.8 Å². The predicted molar refractivity (Wildman–Crippen MR) is 36.2 cm³/mol. The van der Waals surface area contributed by atoms with Crippen LogP contribution in [0, 0.1) is 17.2 Å². The summed E-state index contributed by atoms with van der Waals surface area (Å²) in [6.07, 6.45) is 0.0364. The molecule has 0 aromatic heterocycles. The highest BCUT2D eigenvalue weighted by molar-refractivity contribution is 4.95. The molecule has 0 saturated carbocycles. The van der Waals surface area contributed by atoms with Gasteiger partial charge in [-0.2, -0.15) is 5.26 Å². The average Bonchev–Trinajstić information content (AvgIpc) is 2.10. The van der Waals surface area contributed by atoms with Crippen molar-refractivity contribution in [2.75, 3.05) is 13.1 Å². The van der Waals surface area contributed by atoms with Crippen molar-refractivity contribution >= 4 is 0 Å². The lowest BCUT2D eigenvalue weighted by Crippen LogP contribution is -2.26. The van der Waals surface area contributed by atoms with Gasteiger partial charge < -0.3 is 5.32 Å². The van der Waals surface area contributed by atoms with Crippen LogP contribution in [-0.4, -0.2) is 19.0 Å². The van der Waals surface area contributed by atoms with E-state index in [1.807, 2.05) is 0 Å². The molecule has 1 heterocycles. The number of hydrogen-bond donors (Lipinski definition) is 1. The third-order valence-electron chi connectivity index (χ3n) is 1.91. The molecule has 0 bridgehead atoms. The molecule has 1 fully saturated rings. The molecule has 1 N–H and O–H groups in total. The van der Waals surface area contributed by atoms with E-state index in [0.29, 0.717) is 13.1 Å². The molecular weight excluding hydrogens is 150 g/mol. The Bertz CT molecular complexity index is 174. The van der Waals surface area contributed by atoms with Crippen LogP contribution in [0.15, 0.2) is 0 Å². The van der Waals surface area contributed by atoms with Crippen LogP contribution in [-0.2, 0) is 0 Å². The normalized spacial score (nSPS) is 30.5. The molecule has 0 aromatic rings. The minimum Gasteiger partial charge on any atom is -0.316 e. The summed E-state index contributed by atoms with van der Waals surface area (Å²) in [5.41, 5.74) is 0. The lowest BCUT2D eigenvalue weighted by atomic mass is 9.98. The van der Waals surface area contributed by atoms with Crippen molar-refractivity contribution in [3.63, 3.8) is 0 Å². The van der Waals surface area contributed by atoms with Gasteiger partial charge in [0.25, 0.3) is 5.92 Å². The van der Waals surface area contributed by atoms with Crippen LogP contribution >= 0.6 is 0 Å². The Balaban J connectivity index is 2.65. The fourth-order valence-corrected chi connectivity index (χ4v) is 1.17. The van der Waals surface area contributed by atoms with E-state index in [1.54, 1.807) is 6.07 Å². The molecule has 0 spiro atoms. The Morgan fingerprint density at radius 1 is 1.45 bits per heavy atom. The van der Waals surface area contributed by atoms with Gasteiger partial charge >= 0.3 is 0 Å². The third kappa shape index (κ3) is 1.87. The van der Waals surface area contributed by atoms with Gasteiger partial charge in [-0.15, -0.1) is 0 Å². The predicted octanol–water partition coefficient (Wildman–Crippen LogP) is 1.14. The SMILES string of the molecule is N#CC1CCNCCC1(F)F. The summed E-state index contributed by atoms with van der Waals surface area (Å²) in [4.78, 5) is 0. The van der Waals surface area contributed by atoms with E-state index in [-0.39, 0.29) is 12.8 Å². The summed E-state index contributed by atoms with van der Waals surface area (Å²) < 4.78 is 25.7. The number of halogens is 2. The zero-order valence-electron chi connectivity index (χ0n) is 6.11. The minimum atomic E-state index is -2.79. The largest absolute Gasteiger partial charge is 0.316 e. The number of hydrogen-bond acceptors (Lipinski definition) is 2. The molecule has 1 aliphatic rings. The van der Waals surface area contributed by atoms with Crippen molar-refractivity contribution in [2.24, 2.45) is 5.92 Å². The molecule has 1 unspecified atom stereocenters. The molecule has 0 amide bonds. The van der Waals surface area contributed by atoms with E-state index in [4.69, 9.17) is 5.26 Å². The van der Waals surface area contributed by atoms with Crippen LogP contribution in [0.5, 0.6) is 0 Å². The quantitative estimate of drug-likeness (QED) is 0.577. The third-order valence-corrected chi connectivity index (χ3v) is 1.91. The molecule has 2 nitrogen and oxygen atoms in total. The summed E-state index contributed by atoms with van der Waals surface area (Å²) >= 11 is 0. The summed E-state index contributed by atoms with van der Waals surface area (Å²) in [5, 5.41) is 11.2. The van der Waals surface area contributed by atoms with Gasteiger partial charge in [-0.3, -0.25) is 0 Å². The lowest BCUT2D eigenvalue weighted by molar-refractivity contribution is -0.0399. The second-order valence-corrected chi connectivity index (χ2v) is 2.73. The van der Waals surface area contributed by atoms with Gasteiger partial charge in [-0.05, 0) is 13.0 Å². The van der Waals surface area contributed by atoms with Gasteiger partial charge in [0, 0.05) is 13.0 Å². The Morgan fingerprint density at radius 3 is 2.82 bits per heavy atom. The molecule has 0 aromatic carbocycles. The topological polar surface area (TPSA) is 35.8 Å². The average molecular weight is 160 g/mol. The highest BCUT2D eigenvalue weighted by atomic mass is 19.3. The van der Waals surface area contributed by atoms with E-state index < -0.39 is 11.8 Å². The highest BCUT2D eigenvalue weighted by Gasteiger charge is 2.40. The number of alkyl halides is 2. The van der Waals surface area contributed by atoms with Crippen LogP contribution in [0.25, 0.3) is 0 Å². The minimum absolute atomic E-state index is 0.217. The van der Waals surface area contributed by atoms with Crippen LogP contribution in [0.3, 0.4) is 0 Å². The van der Waals surface area contributed by atoms with E-state index >= 15 is 0 Å². The summed E-state index contributed by atoms with van der Waals surface area (Å²) in [7, 11) is 0. The first kappa shape index (κ1) is 8.41. The van der Waals surface area contributed by atoms with E-state index in [9.17, 15) is 8.78 Å². The van der Waals surface area contributed by atoms with Crippen molar-refractivity contribution in [3.05, 3.63) is 0 Å². The number of rotatable bonds is 0. The second-order valence-electron chi connectivity index (χ2n) is 2.73. The molecular formula is C7H10F2N2. The summed E-state index contributed by atoms with van der Waals surface area (Å²) in [6.45, 7) is 0.832. The number of nitrogens with zero attached hydrogens (tertiary/aromatic N) is 1. The first-order chi connectivity index (χ1) is 5.17. The van der Waals surface area contributed by atoms with Crippen LogP contribution in [0.2, 0.25) is 0 Å². The number of nitriles is 1. The van der Waals surface area contributed by atoms with Crippen molar-refractivity contribution in [1.82, 2.24) is 5.32 Å². The maximum atomic E-state index is 12.9. The zero-order valence-corrected chi connectivity index (χ0v) is 6.11. The molecule has 1 saturated heterocycles. The van der Waals surface area contributed by atoms with Gasteiger partial charge in [0.05, 0.1) is 6.07 Å². The van der Waals surface area contributed by atoms with E-state index in [0.717, 1.165) is 0 Å². The van der Waals surface area contributed by atoms with Crippen molar-refractivity contribution in [3.8, 4) is 6.07 Å². The molecule has 1 aliphatic heterocycles. The summed E-state index contributed by atoms with van der Waals surface area (Å²) in [6, 6.07) is 1.64. The maximum absolute atomic E-state index is 12.9. The van der Waals surface area contributed by atoms with Gasteiger partial charge in [0.15, 0.2) is 0 Å². The monoisotopic (exact) mass is 160 g/mol. The zero-order chi connectivity index (χ0) is 8.32. The standard InChI is InChI=1S/C7H10F2N2/c8-7(9)2-4-11-3-1-6(7)5-10/h6,11H,1-4H2. The van der Waals surface area contributed by atoms with Crippen LogP contribution < -0.4 is 5.32 Å². The molecule has 1 rings (SSSR count). The molecule has 0 radical (unpaired) electrons. The smallest absolute Gasteiger partial charge is 0.264 e. The van der Waals surface area contributed by atoms with Gasteiger partial charge in [0.1, 0.15) is 5.92 Å². The molecule has 0 aliphatic carbocycles. The fraction of sp³-hybridized carbons (Fsp3) is 0.857. The van der Waals surface area contributed by atoms with Crippen LogP contribution in [0.1, 0.15) is 12.8 Å². The fourth-order valence-electron chi connectivity index (χ4n) is 1.17. The van der Waals surface area contributed by atoms with Crippen molar-refractivity contribution < 1.29 is 8.78 Å². The Hall–Kier alpha value is -0.690. The van der Waals surface area contributed by atoms with Gasteiger partial charge in [-0.25, -0.2) is 8.78 Å². The summed E-state index contributed by atoms with van der Waals surface area (Å²) in [5.74, 6) is -3.89. The Labute approximate surface area is 64.2 Å². The van der Waals surface area contributed by atoms with Crippen LogP contribution in [0.4, 0.5) is 8.78 Å². The molecule has 1 atom stereocenters.